The van der Waals surface area contributed by atoms with Crippen molar-refractivity contribution in [3.05, 3.63) is 57.6 Å². The third-order valence-electron chi connectivity index (χ3n) is 5.41. The van der Waals surface area contributed by atoms with Crippen LogP contribution in [0.5, 0.6) is 11.5 Å². The Bertz CT molecular complexity index is 934. The quantitative estimate of drug-likeness (QED) is 0.710. The summed E-state index contributed by atoms with van der Waals surface area (Å²) in [4.78, 5) is 27.2. The Morgan fingerprint density at radius 2 is 1.82 bits per heavy atom. The summed E-state index contributed by atoms with van der Waals surface area (Å²) in [7, 11) is 1.59. The number of ketones is 1. The molecule has 0 radical (unpaired) electrons. The molecule has 2 heterocycles. The van der Waals surface area contributed by atoms with E-state index in [9.17, 15) is 9.59 Å². The maximum absolute atomic E-state index is 12.8. The van der Waals surface area contributed by atoms with E-state index in [2.05, 4.69) is 0 Å². The van der Waals surface area contributed by atoms with Gasteiger partial charge in [-0.3, -0.25) is 9.59 Å². The van der Waals surface area contributed by atoms with Crippen molar-refractivity contribution in [3.8, 4) is 11.5 Å². The first-order chi connectivity index (χ1) is 13.4. The summed E-state index contributed by atoms with van der Waals surface area (Å²) in [5, 5.41) is 0.753. The first-order valence-corrected chi connectivity index (χ1v) is 9.81. The maximum Gasteiger partial charge on any atom is 0.253 e. The van der Waals surface area contributed by atoms with E-state index in [0.717, 1.165) is 0 Å². The summed E-state index contributed by atoms with van der Waals surface area (Å²) in [6.07, 6.45) is 1.40. The van der Waals surface area contributed by atoms with Crippen molar-refractivity contribution in [2.45, 2.75) is 24.9 Å². The topological polar surface area (TPSA) is 55.8 Å². The number of Topliss-reactive ketones (excluding diaryl/α,β-unsaturated/α-hetero) is 1. The van der Waals surface area contributed by atoms with Gasteiger partial charge in [-0.15, -0.1) is 0 Å². The van der Waals surface area contributed by atoms with Crippen molar-refractivity contribution < 1.29 is 19.1 Å². The van der Waals surface area contributed by atoms with Gasteiger partial charge in [0.05, 0.1) is 24.1 Å². The molecule has 0 atom stereocenters. The van der Waals surface area contributed by atoms with Crippen LogP contribution in [0.25, 0.3) is 0 Å². The minimum absolute atomic E-state index is 0.0272. The average Bonchev–Trinajstić information content (AvgIpc) is 2.69. The van der Waals surface area contributed by atoms with Gasteiger partial charge < -0.3 is 14.4 Å². The molecule has 7 heteroatoms. The Morgan fingerprint density at radius 1 is 1.14 bits per heavy atom. The van der Waals surface area contributed by atoms with Crippen LogP contribution in [-0.4, -0.2) is 42.4 Å². The van der Waals surface area contributed by atoms with Gasteiger partial charge in [-0.2, -0.15) is 0 Å². The van der Waals surface area contributed by atoms with Crippen molar-refractivity contribution in [2.75, 3.05) is 20.2 Å². The van der Waals surface area contributed by atoms with Gasteiger partial charge in [0.2, 0.25) is 0 Å². The molecule has 2 aliphatic heterocycles. The van der Waals surface area contributed by atoms with Crippen LogP contribution in [0.3, 0.4) is 0 Å². The molecule has 0 unspecified atom stereocenters. The number of rotatable bonds is 2. The zero-order valence-electron chi connectivity index (χ0n) is 15.3. The second kappa shape index (κ2) is 7.30. The lowest BCUT2D eigenvalue weighted by molar-refractivity contribution is -0.00564. The smallest absolute Gasteiger partial charge is 0.253 e. The predicted molar refractivity (Wildman–Crippen MR) is 107 cm³/mol. The number of halogens is 2. The number of carbonyl (C=O) groups is 2. The van der Waals surface area contributed by atoms with Crippen LogP contribution in [0.4, 0.5) is 0 Å². The van der Waals surface area contributed by atoms with Crippen molar-refractivity contribution in [3.63, 3.8) is 0 Å². The molecule has 4 rings (SSSR count). The fourth-order valence-corrected chi connectivity index (χ4v) is 4.36. The Labute approximate surface area is 173 Å². The molecule has 146 valence electrons. The van der Waals surface area contributed by atoms with E-state index >= 15 is 0 Å². The number of amides is 1. The minimum Gasteiger partial charge on any atom is -0.497 e. The highest BCUT2D eigenvalue weighted by Gasteiger charge is 2.44. The molecule has 28 heavy (non-hydrogen) atoms. The van der Waals surface area contributed by atoms with Gasteiger partial charge >= 0.3 is 0 Å². The number of methoxy groups -OCH3 is 1. The van der Waals surface area contributed by atoms with Crippen molar-refractivity contribution >= 4 is 34.9 Å². The number of carbonyl (C=O) groups excluding carboxylic acids is 2. The number of piperidine rings is 1. The molecule has 0 aliphatic carbocycles. The molecule has 2 aromatic carbocycles. The Balaban J connectivity index is 1.49. The van der Waals surface area contributed by atoms with Crippen LogP contribution in [0.2, 0.25) is 10.0 Å². The van der Waals surface area contributed by atoms with Crippen LogP contribution in [-0.2, 0) is 0 Å². The zero-order chi connectivity index (χ0) is 19.9. The first kappa shape index (κ1) is 19.1. The molecule has 0 aromatic heterocycles. The number of hydrogen-bond donors (Lipinski definition) is 0. The normalized spacial score (nSPS) is 17.8. The van der Waals surface area contributed by atoms with E-state index in [0.29, 0.717) is 58.6 Å². The summed E-state index contributed by atoms with van der Waals surface area (Å²) in [5.41, 5.74) is 0.415. The van der Waals surface area contributed by atoms with Gasteiger partial charge in [-0.25, -0.2) is 0 Å². The third-order valence-corrected chi connectivity index (χ3v) is 5.91. The molecule has 1 saturated heterocycles. The standard InChI is InChI=1S/C21H19Cl2NO4/c1-27-15-4-2-13(3-5-15)20(26)24-8-6-21(7-9-24)12-18(25)16-10-14(22)11-17(23)19(16)28-21/h2-5,10-11H,6-9,12H2,1H3. The SMILES string of the molecule is COc1ccc(C(=O)N2CCC3(CC2)CC(=O)c2cc(Cl)cc(Cl)c2O3)cc1. The summed E-state index contributed by atoms with van der Waals surface area (Å²) >= 11 is 12.3. The Hall–Kier alpha value is -2.24. The molecule has 0 N–H and O–H groups in total. The first-order valence-electron chi connectivity index (χ1n) is 9.05. The molecule has 1 spiro atoms. The van der Waals surface area contributed by atoms with Crippen LogP contribution in [0, 0.1) is 0 Å². The van der Waals surface area contributed by atoms with Gasteiger partial charge in [-0.1, -0.05) is 23.2 Å². The van der Waals surface area contributed by atoms with Gasteiger partial charge in [0, 0.05) is 36.5 Å². The van der Waals surface area contributed by atoms with Crippen LogP contribution in [0.15, 0.2) is 36.4 Å². The number of nitrogens with zero attached hydrogens (tertiary/aromatic N) is 1. The van der Waals surface area contributed by atoms with Gasteiger partial charge in [0.25, 0.3) is 5.91 Å². The summed E-state index contributed by atoms with van der Waals surface area (Å²) in [6, 6.07) is 10.2. The summed E-state index contributed by atoms with van der Waals surface area (Å²) in [5.74, 6) is 1.04. The number of fused-ring (bicyclic) bond motifs is 1. The number of hydrogen-bond acceptors (Lipinski definition) is 4. The second-order valence-electron chi connectivity index (χ2n) is 7.17. The number of benzene rings is 2. The number of likely N-dealkylation sites (tertiary alicyclic amines) is 1. The average molecular weight is 420 g/mol. The van der Waals surface area contributed by atoms with Crippen LogP contribution < -0.4 is 9.47 Å². The monoisotopic (exact) mass is 419 g/mol. The fraction of sp³-hybridized carbons (Fsp3) is 0.333. The highest BCUT2D eigenvalue weighted by Crippen LogP contribution is 2.44. The van der Waals surface area contributed by atoms with E-state index in [1.165, 1.54) is 0 Å². The molecular weight excluding hydrogens is 401 g/mol. The van der Waals surface area contributed by atoms with E-state index in [-0.39, 0.29) is 18.1 Å². The van der Waals surface area contributed by atoms with Gasteiger partial charge in [0.1, 0.15) is 17.1 Å². The largest absolute Gasteiger partial charge is 0.497 e. The lowest BCUT2D eigenvalue weighted by atomic mass is 9.82. The highest BCUT2D eigenvalue weighted by molar-refractivity contribution is 6.36. The predicted octanol–water partition coefficient (Wildman–Crippen LogP) is 4.64. The van der Waals surface area contributed by atoms with Crippen molar-refractivity contribution in [2.24, 2.45) is 0 Å². The number of ether oxygens (including phenoxy) is 2. The molecule has 0 bridgehead atoms. The Morgan fingerprint density at radius 3 is 2.46 bits per heavy atom. The van der Waals surface area contributed by atoms with E-state index in [1.54, 1.807) is 48.4 Å². The minimum atomic E-state index is -0.627. The molecule has 1 amide bonds. The molecule has 5 nitrogen and oxygen atoms in total. The van der Waals surface area contributed by atoms with Crippen molar-refractivity contribution in [1.29, 1.82) is 0 Å². The summed E-state index contributed by atoms with van der Waals surface area (Å²) in [6.45, 7) is 1.03. The lowest BCUT2D eigenvalue weighted by Gasteiger charge is -2.44. The van der Waals surface area contributed by atoms with E-state index in [4.69, 9.17) is 32.7 Å². The molecule has 1 fully saturated rings. The van der Waals surface area contributed by atoms with E-state index < -0.39 is 5.60 Å². The maximum atomic E-state index is 12.8. The van der Waals surface area contributed by atoms with Crippen LogP contribution in [0.1, 0.15) is 40.0 Å². The van der Waals surface area contributed by atoms with Gasteiger partial charge in [0.15, 0.2) is 5.78 Å². The fourth-order valence-electron chi connectivity index (χ4n) is 3.82. The van der Waals surface area contributed by atoms with E-state index in [1.807, 2.05) is 0 Å². The molecule has 2 aromatic rings. The lowest BCUT2D eigenvalue weighted by Crippen LogP contribution is -2.52. The third kappa shape index (κ3) is 3.45. The van der Waals surface area contributed by atoms with Crippen LogP contribution >= 0.6 is 23.2 Å². The molecule has 0 saturated carbocycles. The summed E-state index contributed by atoms with van der Waals surface area (Å²) < 4.78 is 11.3. The molecule has 2 aliphatic rings. The Kier molecular flexibility index (Phi) is 4.98. The van der Waals surface area contributed by atoms with Crippen molar-refractivity contribution in [1.82, 2.24) is 4.90 Å². The zero-order valence-corrected chi connectivity index (χ0v) is 16.8. The molecular formula is C21H19Cl2NO4. The van der Waals surface area contributed by atoms with Gasteiger partial charge in [-0.05, 0) is 36.4 Å². The highest BCUT2D eigenvalue weighted by atomic mass is 35.5. The second-order valence-corrected chi connectivity index (χ2v) is 8.01.